The Morgan fingerprint density at radius 3 is 2.45 bits per heavy atom. The van der Waals surface area contributed by atoms with Crippen LogP contribution in [0.5, 0.6) is 0 Å². The summed E-state index contributed by atoms with van der Waals surface area (Å²) in [6.45, 7) is 4.13. The Hall–Kier alpha value is -0.830. The Morgan fingerprint density at radius 1 is 1.45 bits per heavy atom. The van der Waals surface area contributed by atoms with E-state index in [1.807, 2.05) is 25.5 Å². The fourth-order valence-electron chi connectivity index (χ4n) is 1.27. The van der Waals surface area contributed by atoms with Crippen LogP contribution in [0.4, 0.5) is 0 Å². The number of rotatable bonds is 2. The second-order valence-corrected chi connectivity index (χ2v) is 2.72. The quantitative estimate of drug-likeness (QED) is 0.676. The van der Waals surface area contributed by atoms with E-state index in [2.05, 4.69) is 4.98 Å². The van der Waals surface area contributed by atoms with Crippen molar-refractivity contribution in [1.82, 2.24) is 9.55 Å². The Morgan fingerprint density at radius 2 is 2.09 bits per heavy atom. The van der Waals surface area contributed by atoms with Crippen LogP contribution in [0.1, 0.15) is 17.2 Å². The molecule has 62 valence electrons. The molecule has 1 aromatic rings. The Bertz CT molecular complexity index is 253. The topological polar surface area (TPSA) is 38.0 Å². The molecule has 0 aliphatic carbocycles. The molecule has 1 rings (SSSR count). The maximum Gasteiger partial charge on any atom is 0.105 e. The molecule has 3 heteroatoms. The number of hydrogen-bond acceptors (Lipinski definition) is 2. The summed E-state index contributed by atoms with van der Waals surface area (Å²) in [4.78, 5) is 4.28. The summed E-state index contributed by atoms with van der Waals surface area (Å²) in [5.74, 6) is 1.01. The first-order chi connectivity index (χ1) is 5.16. The minimum atomic E-state index is 0.194. The summed E-state index contributed by atoms with van der Waals surface area (Å²) in [5.41, 5.74) is 2.16. The summed E-state index contributed by atoms with van der Waals surface area (Å²) in [6, 6.07) is 0. The van der Waals surface area contributed by atoms with E-state index in [0.717, 1.165) is 17.2 Å². The van der Waals surface area contributed by atoms with E-state index in [9.17, 15) is 0 Å². The van der Waals surface area contributed by atoms with Crippen molar-refractivity contribution in [2.45, 2.75) is 20.3 Å². The highest BCUT2D eigenvalue weighted by Gasteiger charge is 2.06. The van der Waals surface area contributed by atoms with Gasteiger partial charge in [0.2, 0.25) is 0 Å². The first-order valence-electron chi connectivity index (χ1n) is 3.76. The zero-order valence-electron chi connectivity index (χ0n) is 7.26. The van der Waals surface area contributed by atoms with Crippen LogP contribution < -0.4 is 0 Å². The maximum atomic E-state index is 8.74. The number of aryl methyl sites for hydroxylation is 2. The van der Waals surface area contributed by atoms with Gasteiger partial charge in [0.25, 0.3) is 0 Å². The van der Waals surface area contributed by atoms with Crippen LogP contribution in [-0.2, 0) is 13.5 Å². The zero-order valence-corrected chi connectivity index (χ0v) is 7.26. The Kier molecular flexibility index (Phi) is 2.29. The monoisotopic (exact) mass is 154 g/mol. The molecule has 0 saturated heterocycles. The molecule has 0 atom stereocenters. The fourth-order valence-corrected chi connectivity index (χ4v) is 1.27. The molecule has 11 heavy (non-hydrogen) atoms. The molecule has 0 aliphatic heterocycles. The van der Waals surface area contributed by atoms with Crippen molar-refractivity contribution in [1.29, 1.82) is 0 Å². The van der Waals surface area contributed by atoms with Gasteiger partial charge in [-0.05, 0) is 13.8 Å². The van der Waals surface area contributed by atoms with Crippen LogP contribution in [0.3, 0.4) is 0 Å². The molecule has 0 amide bonds. The molecule has 0 unspecified atom stereocenters. The van der Waals surface area contributed by atoms with Gasteiger partial charge < -0.3 is 9.67 Å². The summed E-state index contributed by atoms with van der Waals surface area (Å²) in [7, 11) is 1.97. The number of nitrogens with zero attached hydrogens (tertiary/aromatic N) is 2. The summed E-state index contributed by atoms with van der Waals surface area (Å²) >= 11 is 0. The highest BCUT2D eigenvalue weighted by Crippen LogP contribution is 2.08. The molecule has 0 bridgehead atoms. The van der Waals surface area contributed by atoms with Crippen LogP contribution >= 0.6 is 0 Å². The molecule has 0 fully saturated rings. The van der Waals surface area contributed by atoms with Gasteiger partial charge in [0.05, 0.1) is 5.69 Å². The first kappa shape index (κ1) is 8.27. The lowest BCUT2D eigenvalue weighted by Crippen LogP contribution is -2.01. The fraction of sp³-hybridized carbons (Fsp3) is 0.625. The molecule has 1 heterocycles. The summed E-state index contributed by atoms with van der Waals surface area (Å²) in [5, 5.41) is 8.74. The van der Waals surface area contributed by atoms with Gasteiger partial charge in [-0.1, -0.05) is 0 Å². The van der Waals surface area contributed by atoms with Gasteiger partial charge in [-0.25, -0.2) is 4.98 Å². The molecule has 0 spiro atoms. The van der Waals surface area contributed by atoms with Crippen molar-refractivity contribution in [3.63, 3.8) is 0 Å². The third-order valence-electron chi connectivity index (χ3n) is 1.99. The average Bonchev–Trinajstić information content (AvgIpc) is 2.17. The van der Waals surface area contributed by atoms with Crippen LogP contribution in [0.15, 0.2) is 0 Å². The molecule has 0 aromatic carbocycles. The van der Waals surface area contributed by atoms with E-state index in [0.29, 0.717) is 6.42 Å². The van der Waals surface area contributed by atoms with Gasteiger partial charge >= 0.3 is 0 Å². The van der Waals surface area contributed by atoms with Crippen molar-refractivity contribution < 1.29 is 5.11 Å². The molecule has 0 radical (unpaired) electrons. The first-order valence-corrected chi connectivity index (χ1v) is 3.76. The van der Waals surface area contributed by atoms with E-state index in [4.69, 9.17) is 5.11 Å². The molecule has 1 aromatic heterocycles. The lowest BCUT2D eigenvalue weighted by Gasteiger charge is -2.01. The van der Waals surface area contributed by atoms with E-state index >= 15 is 0 Å². The molecule has 0 aliphatic rings. The SMILES string of the molecule is Cc1nc(C)n(C)c1CCO. The number of imidazole rings is 1. The van der Waals surface area contributed by atoms with Crippen LogP contribution in [0, 0.1) is 13.8 Å². The molecule has 1 N–H and O–H groups in total. The van der Waals surface area contributed by atoms with Crippen molar-refractivity contribution >= 4 is 0 Å². The lowest BCUT2D eigenvalue weighted by atomic mass is 10.3. The van der Waals surface area contributed by atoms with Gasteiger partial charge in [0, 0.05) is 25.8 Å². The number of aliphatic hydroxyl groups is 1. The predicted octanol–water partition coefficient (Wildman–Crippen LogP) is 0.572. The predicted molar refractivity (Wildman–Crippen MR) is 43.5 cm³/mol. The second-order valence-electron chi connectivity index (χ2n) is 2.72. The minimum Gasteiger partial charge on any atom is -0.396 e. The van der Waals surface area contributed by atoms with Crippen LogP contribution in [0.25, 0.3) is 0 Å². The third kappa shape index (κ3) is 1.43. The van der Waals surface area contributed by atoms with E-state index in [-0.39, 0.29) is 6.61 Å². The molecular formula is C8H14N2O. The maximum absolute atomic E-state index is 8.74. The van der Waals surface area contributed by atoms with Crippen molar-refractivity contribution in [3.05, 3.63) is 17.2 Å². The third-order valence-corrected chi connectivity index (χ3v) is 1.99. The number of aliphatic hydroxyl groups excluding tert-OH is 1. The molecule has 3 nitrogen and oxygen atoms in total. The molecular weight excluding hydrogens is 140 g/mol. The van der Waals surface area contributed by atoms with E-state index in [1.54, 1.807) is 0 Å². The zero-order chi connectivity index (χ0) is 8.43. The number of hydrogen-bond donors (Lipinski definition) is 1. The van der Waals surface area contributed by atoms with Crippen molar-refractivity contribution in [2.75, 3.05) is 6.61 Å². The van der Waals surface area contributed by atoms with Gasteiger partial charge in [-0.3, -0.25) is 0 Å². The van der Waals surface area contributed by atoms with E-state index in [1.165, 1.54) is 0 Å². The molecule has 0 saturated carbocycles. The highest BCUT2D eigenvalue weighted by atomic mass is 16.3. The number of aromatic nitrogens is 2. The van der Waals surface area contributed by atoms with Crippen LogP contribution in [-0.4, -0.2) is 21.3 Å². The lowest BCUT2D eigenvalue weighted by molar-refractivity contribution is 0.296. The standard InChI is InChI=1S/C8H14N2O/c1-6-8(4-5-11)10(3)7(2)9-6/h11H,4-5H2,1-3H3. The second kappa shape index (κ2) is 3.05. The normalized spacial score (nSPS) is 10.5. The van der Waals surface area contributed by atoms with Crippen molar-refractivity contribution in [3.8, 4) is 0 Å². The Balaban J connectivity index is 3.02. The summed E-state index contributed by atoms with van der Waals surface area (Å²) < 4.78 is 2.02. The van der Waals surface area contributed by atoms with Gasteiger partial charge in [-0.2, -0.15) is 0 Å². The highest BCUT2D eigenvalue weighted by molar-refractivity contribution is 5.14. The average molecular weight is 154 g/mol. The van der Waals surface area contributed by atoms with Gasteiger partial charge in [-0.15, -0.1) is 0 Å². The largest absolute Gasteiger partial charge is 0.396 e. The van der Waals surface area contributed by atoms with Crippen molar-refractivity contribution in [2.24, 2.45) is 7.05 Å². The smallest absolute Gasteiger partial charge is 0.105 e. The minimum absolute atomic E-state index is 0.194. The van der Waals surface area contributed by atoms with E-state index < -0.39 is 0 Å². The van der Waals surface area contributed by atoms with Gasteiger partial charge in [0.15, 0.2) is 0 Å². The van der Waals surface area contributed by atoms with Crippen LogP contribution in [0.2, 0.25) is 0 Å². The Labute approximate surface area is 66.7 Å². The summed E-state index contributed by atoms with van der Waals surface area (Å²) in [6.07, 6.45) is 0.698. The van der Waals surface area contributed by atoms with Gasteiger partial charge in [0.1, 0.15) is 5.82 Å².